The van der Waals surface area contributed by atoms with Crippen molar-refractivity contribution in [3.8, 4) is 0 Å². The largest absolute Gasteiger partial charge is 0.294 e. The van der Waals surface area contributed by atoms with Crippen molar-refractivity contribution >= 4 is 5.78 Å². The van der Waals surface area contributed by atoms with E-state index in [4.69, 9.17) is 0 Å². The number of hydrogen-bond acceptors (Lipinski definition) is 2. The van der Waals surface area contributed by atoms with Gasteiger partial charge in [0, 0.05) is 18.7 Å². The Bertz CT molecular complexity index is 561. The van der Waals surface area contributed by atoms with E-state index in [1.54, 1.807) is 10.9 Å². The van der Waals surface area contributed by atoms with E-state index in [0.717, 1.165) is 24.9 Å². The molecule has 0 fully saturated rings. The molecule has 0 amide bonds. The molecule has 18 heavy (non-hydrogen) atoms. The fraction of sp³-hybridized carbons (Fsp3) is 0.333. The highest BCUT2D eigenvalue weighted by Crippen LogP contribution is 2.28. The number of aryl methyl sites for hydroxylation is 1. The molecule has 3 heteroatoms. The highest BCUT2D eigenvalue weighted by atomic mass is 16.1. The first-order valence-electron chi connectivity index (χ1n) is 6.41. The van der Waals surface area contributed by atoms with Crippen LogP contribution in [-0.2, 0) is 19.4 Å². The van der Waals surface area contributed by atoms with Gasteiger partial charge in [-0.25, -0.2) is 0 Å². The summed E-state index contributed by atoms with van der Waals surface area (Å²) < 4.78 is 1.80. The van der Waals surface area contributed by atoms with Crippen LogP contribution in [0.25, 0.3) is 0 Å². The minimum Gasteiger partial charge on any atom is -0.294 e. The topological polar surface area (TPSA) is 34.9 Å². The first kappa shape index (κ1) is 11.2. The lowest BCUT2D eigenvalue weighted by Crippen LogP contribution is -2.14. The summed E-state index contributed by atoms with van der Waals surface area (Å²) in [6.07, 6.45) is 5.28. The number of rotatable bonds is 3. The molecular formula is C15H16N2O. The Morgan fingerprint density at radius 2 is 2.00 bits per heavy atom. The van der Waals surface area contributed by atoms with Gasteiger partial charge in [-0.3, -0.25) is 9.48 Å². The third kappa shape index (κ3) is 1.86. The maximum Gasteiger partial charge on any atom is 0.169 e. The molecule has 0 N–H and O–H groups in total. The first-order valence-corrected chi connectivity index (χ1v) is 6.41. The number of carbonyl (C=O) groups excluding carboxylic acids is 1. The van der Waals surface area contributed by atoms with Gasteiger partial charge >= 0.3 is 0 Å². The second-order valence-corrected chi connectivity index (χ2v) is 4.82. The lowest BCUT2D eigenvalue weighted by Gasteiger charge is -2.05. The molecular weight excluding hydrogens is 224 g/mol. The molecule has 1 aromatic carbocycles. The van der Waals surface area contributed by atoms with Crippen molar-refractivity contribution in [1.82, 2.24) is 9.78 Å². The van der Waals surface area contributed by atoms with E-state index in [0.29, 0.717) is 0 Å². The third-order valence-electron chi connectivity index (χ3n) is 3.66. The zero-order valence-corrected chi connectivity index (χ0v) is 10.5. The summed E-state index contributed by atoms with van der Waals surface area (Å²) in [6, 6.07) is 8.33. The summed E-state index contributed by atoms with van der Waals surface area (Å²) in [5.41, 5.74) is 3.38. The van der Waals surface area contributed by atoms with E-state index in [1.807, 2.05) is 25.3 Å². The molecule has 2 aromatic rings. The average molecular weight is 240 g/mol. The lowest BCUT2D eigenvalue weighted by molar-refractivity contribution is 0.0924. The van der Waals surface area contributed by atoms with Crippen molar-refractivity contribution in [2.45, 2.75) is 26.3 Å². The van der Waals surface area contributed by atoms with E-state index in [-0.39, 0.29) is 11.7 Å². The van der Waals surface area contributed by atoms with Crippen LogP contribution in [0, 0.1) is 5.92 Å². The number of aromatic nitrogens is 2. The predicted molar refractivity (Wildman–Crippen MR) is 69.6 cm³/mol. The van der Waals surface area contributed by atoms with Gasteiger partial charge in [0.15, 0.2) is 5.78 Å². The Hall–Kier alpha value is -1.90. The van der Waals surface area contributed by atoms with Crippen LogP contribution in [0.2, 0.25) is 0 Å². The number of benzene rings is 1. The van der Waals surface area contributed by atoms with Gasteiger partial charge in [0.2, 0.25) is 0 Å². The smallest absolute Gasteiger partial charge is 0.169 e. The molecule has 0 aliphatic heterocycles. The molecule has 0 unspecified atom stereocenters. The molecule has 1 aromatic heterocycles. The third-order valence-corrected chi connectivity index (χ3v) is 3.66. The van der Waals surface area contributed by atoms with E-state index in [2.05, 4.69) is 17.2 Å². The van der Waals surface area contributed by atoms with E-state index >= 15 is 0 Å². The summed E-state index contributed by atoms with van der Waals surface area (Å²) in [4.78, 5) is 12.4. The molecule has 0 spiro atoms. The van der Waals surface area contributed by atoms with Crippen molar-refractivity contribution in [2.24, 2.45) is 5.92 Å². The van der Waals surface area contributed by atoms with Gasteiger partial charge in [0.05, 0.1) is 11.8 Å². The van der Waals surface area contributed by atoms with Crippen LogP contribution in [0.15, 0.2) is 36.7 Å². The van der Waals surface area contributed by atoms with Gasteiger partial charge in [-0.1, -0.05) is 24.3 Å². The SMILES string of the molecule is CCn1cc(C(=O)C2Cc3ccccc3C2)cn1. The normalized spacial score (nSPS) is 14.7. The second kappa shape index (κ2) is 4.41. The standard InChI is InChI=1S/C15H16N2O/c1-2-17-10-14(9-16-17)15(18)13-7-11-5-3-4-6-12(11)8-13/h3-6,9-10,13H,2,7-8H2,1H3. The molecule has 1 aliphatic rings. The average Bonchev–Trinajstić information content (AvgIpc) is 3.04. The van der Waals surface area contributed by atoms with Crippen molar-refractivity contribution in [1.29, 1.82) is 0 Å². The van der Waals surface area contributed by atoms with Crippen LogP contribution in [0.1, 0.15) is 28.4 Å². The Kier molecular flexibility index (Phi) is 2.74. The van der Waals surface area contributed by atoms with Gasteiger partial charge in [0.25, 0.3) is 0 Å². The molecule has 3 rings (SSSR count). The number of nitrogens with zero attached hydrogens (tertiary/aromatic N) is 2. The van der Waals surface area contributed by atoms with Gasteiger partial charge in [0.1, 0.15) is 0 Å². The molecule has 0 bridgehead atoms. The van der Waals surface area contributed by atoms with Crippen LogP contribution in [-0.4, -0.2) is 15.6 Å². The minimum absolute atomic E-state index is 0.0944. The maximum absolute atomic E-state index is 12.4. The van der Waals surface area contributed by atoms with Crippen LogP contribution >= 0.6 is 0 Å². The van der Waals surface area contributed by atoms with E-state index in [1.165, 1.54) is 11.1 Å². The van der Waals surface area contributed by atoms with Gasteiger partial charge < -0.3 is 0 Å². The highest BCUT2D eigenvalue weighted by Gasteiger charge is 2.28. The summed E-state index contributed by atoms with van der Waals surface area (Å²) in [6.45, 7) is 2.82. The predicted octanol–water partition coefficient (Wildman–Crippen LogP) is 2.50. The quantitative estimate of drug-likeness (QED) is 0.773. The minimum atomic E-state index is 0.0944. The fourth-order valence-electron chi connectivity index (χ4n) is 2.64. The molecule has 3 nitrogen and oxygen atoms in total. The van der Waals surface area contributed by atoms with E-state index < -0.39 is 0 Å². The summed E-state index contributed by atoms with van der Waals surface area (Å²) in [7, 11) is 0. The van der Waals surface area contributed by atoms with Crippen LogP contribution in [0.4, 0.5) is 0 Å². The van der Waals surface area contributed by atoms with Crippen LogP contribution in [0.3, 0.4) is 0 Å². The number of hydrogen-bond donors (Lipinski definition) is 0. The Morgan fingerprint density at radius 1 is 1.33 bits per heavy atom. The Labute approximate surface area is 106 Å². The second-order valence-electron chi connectivity index (χ2n) is 4.82. The molecule has 0 radical (unpaired) electrons. The Morgan fingerprint density at radius 3 is 2.56 bits per heavy atom. The van der Waals surface area contributed by atoms with Crippen molar-refractivity contribution in [3.05, 3.63) is 53.3 Å². The highest BCUT2D eigenvalue weighted by molar-refractivity contribution is 5.98. The van der Waals surface area contributed by atoms with Gasteiger partial charge in [-0.15, -0.1) is 0 Å². The fourth-order valence-corrected chi connectivity index (χ4v) is 2.64. The summed E-state index contributed by atoms with van der Waals surface area (Å²) in [5, 5.41) is 4.17. The summed E-state index contributed by atoms with van der Waals surface area (Å²) >= 11 is 0. The number of Topliss-reactive ketones (excluding diaryl/α,β-unsaturated/α-hetero) is 1. The number of fused-ring (bicyclic) bond motifs is 1. The zero-order valence-electron chi connectivity index (χ0n) is 10.5. The maximum atomic E-state index is 12.4. The van der Waals surface area contributed by atoms with Crippen molar-refractivity contribution < 1.29 is 4.79 Å². The number of ketones is 1. The van der Waals surface area contributed by atoms with E-state index in [9.17, 15) is 4.79 Å². The number of carbonyl (C=O) groups is 1. The van der Waals surface area contributed by atoms with Crippen LogP contribution in [0.5, 0.6) is 0 Å². The van der Waals surface area contributed by atoms with Crippen LogP contribution < -0.4 is 0 Å². The molecule has 1 aliphatic carbocycles. The monoisotopic (exact) mass is 240 g/mol. The van der Waals surface area contributed by atoms with Crippen molar-refractivity contribution in [2.75, 3.05) is 0 Å². The van der Waals surface area contributed by atoms with Gasteiger partial charge in [-0.2, -0.15) is 5.10 Å². The summed E-state index contributed by atoms with van der Waals surface area (Å²) in [5.74, 6) is 0.322. The molecule has 0 atom stereocenters. The van der Waals surface area contributed by atoms with Crippen molar-refractivity contribution in [3.63, 3.8) is 0 Å². The lowest BCUT2D eigenvalue weighted by atomic mass is 9.97. The first-order chi connectivity index (χ1) is 8.78. The molecule has 92 valence electrons. The van der Waals surface area contributed by atoms with Gasteiger partial charge in [-0.05, 0) is 30.9 Å². The molecule has 0 saturated heterocycles. The zero-order chi connectivity index (χ0) is 12.5. The molecule has 1 heterocycles. The Balaban J connectivity index is 1.80. The molecule has 0 saturated carbocycles.